The van der Waals surface area contributed by atoms with Crippen molar-refractivity contribution in [2.24, 2.45) is 5.92 Å². The minimum atomic E-state index is -1.13. The van der Waals surface area contributed by atoms with Gasteiger partial charge in [-0.1, -0.05) is 36.4 Å². The molecule has 0 bridgehead atoms. The van der Waals surface area contributed by atoms with E-state index in [9.17, 15) is 9.59 Å². The van der Waals surface area contributed by atoms with E-state index in [2.05, 4.69) is 0 Å². The van der Waals surface area contributed by atoms with Crippen LogP contribution in [0.25, 0.3) is 6.08 Å². The maximum absolute atomic E-state index is 12.3. The molecule has 0 saturated carbocycles. The monoisotopic (exact) mass is 384 g/mol. The molecule has 28 heavy (non-hydrogen) atoms. The number of carbonyl (C=O) groups excluding carboxylic acids is 2. The third kappa shape index (κ3) is 5.13. The molecule has 0 spiro atoms. The van der Waals surface area contributed by atoms with Crippen molar-refractivity contribution in [3.63, 3.8) is 0 Å². The molecule has 0 aliphatic rings. The second-order valence-electron chi connectivity index (χ2n) is 5.96. The van der Waals surface area contributed by atoms with Crippen LogP contribution >= 0.6 is 0 Å². The van der Waals surface area contributed by atoms with Crippen molar-refractivity contribution in [1.29, 1.82) is 0 Å². The predicted molar refractivity (Wildman–Crippen MR) is 105 cm³/mol. The van der Waals surface area contributed by atoms with Gasteiger partial charge in [0.15, 0.2) is 5.92 Å². The summed E-state index contributed by atoms with van der Waals surface area (Å²) in [4.78, 5) is 24.7. The van der Waals surface area contributed by atoms with Crippen molar-refractivity contribution in [3.8, 4) is 11.5 Å². The molecule has 0 N–H and O–H groups in total. The Balaban J connectivity index is 2.44. The van der Waals surface area contributed by atoms with Crippen LogP contribution in [0.3, 0.4) is 0 Å². The number of hydrogen-bond donors (Lipinski definition) is 0. The molecule has 0 heterocycles. The molecule has 0 fully saturated rings. The quantitative estimate of drug-likeness (QED) is 0.513. The molecule has 0 saturated heterocycles. The van der Waals surface area contributed by atoms with E-state index in [4.69, 9.17) is 18.9 Å². The van der Waals surface area contributed by atoms with Crippen LogP contribution in [-0.2, 0) is 19.1 Å². The molecule has 6 nitrogen and oxygen atoms in total. The summed E-state index contributed by atoms with van der Waals surface area (Å²) in [5.41, 5.74) is 1.65. The number of methoxy groups -OCH3 is 4. The summed E-state index contributed by atoms with van der Waals surface area (Å²) >= 11 is 0. The first-order chi connectivity index (χ1) is 13.5. The lowest BCUT2D eigenvalue weighted by molar-refractivity contribution is -0.159. The molecule has 2 aromatic carbocycles. The molecule has 1 atom stereocenters. The van der Waals surface area contributed by atoms with Gasteiger partial charge >= 0.3 is 11.9 Å². The number of carbonyl (C=O) groups is 2. The third-order valence-corrected chi connectivity index (χ3v) is 4.38. The Hall–Kier alpha value is -3.28. The van der Waals surface area contributed by atoms with Gasteiger partial charge in [0.2, 0.25) is 0 Å². The second-order valence-corrected chi connectivity index (χ2v) is 5.96. The lowest BCUT2D eigenvalue weighted by Crippen LogP contribution is -2.31. The third-order valence-electron chi connectivity index (χ3n) is 4.38. The van der Waals surface area contributed by atoms with Crippen LogP contribution in [0, 0.1) is 5.92 Å². The van der Waals surface area contributed by atoms with Gasteiger partial charge in [-0.3, -0.25) is 9.59 Å². The first-order valence-corrected chi connectivity index (χ1v) is 8.66. The van der Waals surface area contributed by atoms with Gasteiger partial charge in [-0.05, 0) is 35.4 Å². The molecular weight excluding hydrogens is 360 g/mol. The van der Waals surface area contributed by atoms with E-state index < -0.39 is 23.8 Å². The fourth-order valence-electron chi connectivity index (χ4n) is 2.81. The summed E-state index contributed by atoms with van der Waals surface area (Å²) in [7, 11) is 5.66. The zero-order valence-corrected chi connectivity index (χ0v) is 16.4. The Morgan fingerprint density at radius 1 is 0.750 bits per heavy atom. The molecule has 0 amide bonds. The first-order valence-electron chi connectivity index (χ1n) is 8.66. The van der Waals surface area contributed by atoms with Gasteiger partial charge in [-0.25, -0.2) is 0 Å². The van der Waals surface area contributed by atoms with Crippen LogP contribution in [0.1, 0.15) is 17.0 Å². The van der Waals surface area contributed by atoms with Gasteiger partial charge < -0.3 is 18.9 Å². The summed E-state index contributed by atoms with van der Waals surface area (Å²) in [6, 6.07) is 14.6. The molecule has 148 valence electrons. The Morgan fingerprint density at radius 2 is 1.21 bits per heavy atom. The number of ether oxygens (including phenoxy) is 4. The Bertz CT molecular complexity index is 792. The van der Waals surface area contributed by atoms with E-state index in [0.717, 1.165) is 16.9 Å². The Kier molecular flexibility index (Phi) is 7.63. The van der Waals surface area contributed by atoms with Crippen molar-refractivity contribution >= 4 is 18.0 Å². The fraction of sp³-hybridized carbons (Fsp3) is 0.273. The van der Waals surface area contributed by atoms with E-state index >= 15 is 0 Å². The Morgan fingerprint density at radius 3 is 1.64 bits per heavy atom. The van der Waals surface area contributed by atoms with Gasteiger partial charge in [-0.15, -0.1) is 0 Å². The molecule has 0 aliphatic heterocycles. The highest BCUT2D eigenvalue weighted by Gasteiger charge is 2.36. The molecular formula is C22H24O6. The zero-order chi connectivity index (χ0) is 20.5. The van der Waals surface area contributed by atoms with Crippen LogP contribution in [-0.4, -0.2) is 40.4 Å². The van der Waals surface area contributed by atoms with Gasteiger partial charge in [0.25, 0.3) is 0 Å². The number of esters is 2. The van der Waals surface area contributed by atoms with Crippen LogP contribution in [0.15, 0.2) is 54.6 Å². The molecule has 0 radical (unpaired) electrons. The zero-order valence-electron chi connectivity index (χ0n) is 16.4. The van der Waals surface area contributed by atoms with Crippen molar-refractivity contribution < 1.29 is 28.5 Å². The molecule has 0 unspecified atom stereocenters. The average molecular weight is 384 g/mol. The number of hydrogen-bond acceptors (Lipinski definition) is 6. The van der Waals surface area contributed by atoms with E-state index in [1.54, 1.807) is 44.6 Å². The van der Waals surface area contributed by atoms with Crippen LogP contribution in [0.5, 0.6) is 11.5 Å². The van der Waals surface area contributed by atoms with E-state index in [1.165, 1.54) is 14.2 Å². The van der Waals surface area contributed by atoms with E-state index in [1.807, 2.05) is 30.3 Å². The van der Waals surface area contributed by atoms with E-state index in [0.29, 0.717) is 5.75 Å². The Labute approximate surface area is 164 Å². The van der Waals surface area contributed by atoms with Crippen LogP contribution < -0.4 is 9.47 Å². The number of benzene rings is 2. The topological polar surface area (TPSA) is 71.1 Å². The fourth-order valence-corrected chi connectivity index (χ4v) is 2.81. The minimum Gasteiger partial charge on any atom is -0.497 e. The van der Waals surface area contributed by atoms with Crippen molar-refractivity contribution in [2.75, 3.05) is 28.4 Å². The molecule has 2 rings (SSSR count). The normalized spacial score (nSPS) is 11.9. The SMILES string of the molecule is COC(=O)C(C(=O)OC)[C@@H](/C=C/c1ccc(OC)cc1)c1ccc(OC)cc1. The summed E-state index contributed by atoms with van der Waals surface area (Å²) < 4.78 is 20.0. The number of allylic oxidation sites excluding steroid dienone is 1. The number of rotatable bonds is 8. The van der Waals surface area contributed by atoms with Gasteiger partial charge in [0.05, 0.1) is 28.4 Å². The lowest BCUT2D eigenvalue weighted by Gasteiger charge is -2.21. The molecule has 2 aromatic rings. The summed E-state index contributed by atoms with van der Waals surface area (Å²) in [5, 5.41) is 0. The highest BCUT2D eigenvalue weighted by molar-refractivity contribution is 5.96. The summed E-state index contributed by atoms with van der Waals surface area (Å²) in [6.45, 7) is 0. The molecule has 0 aromatic heterocycles. The average Bonchev–Trinajstić information content (AvgIpc) is 2.76. The molecule has 6 heteroatoms. The largest absolute Gasteiger partial charge is 0.497 e. The van der Waals surface area contributed by atoms with Crippen molar-refractivity contribution in [2.45, 2.75) is 5.92 Å². The van der Waals surface area contributed by atoms with Crippen molar-refractivity contribution in [3.05, 3.63) is 65.7 Å². The highest BCUT2D eigenvalue weighted by atomic mass is 16.5. The maximum Gasteiger partial charge on any atom is 0.321 e. The minimum absolute atomic E-state index is 0.576. The van der Waals surface area contributed by atoms with Gasteiger partial charge in [0.1, 0.15) is 11.5 Å². The van der Waals surface area contributed by atoms with E-state index in [-0.39, 0.29) is 0 Å². The smallest absolute Gasteiger partial charge is 0.321 e. The summed E-state index contributed by atoms with van der Waals surface area (Å²) in [6.07, 6.45) is 3.63. The van der Waals surface area contributed by atoms with Crippen LogP contribution in [0.4, 0.5) is 0 Å². The first kappa shape index (κ1) is 21.0. The predicted octanol–water partition coefficient (Wildman–Crippen LogP) is 3.46. The highest BCUT2D eigenvalue weighted by Crippen LogP contribution is 2.31. The second kappa shape index (κ2) is 10.2. The standard InChI is InChI=1S/C22H24O6/c1-25-17-10-5-15(6-11-17)7-14-19(16-8-12-18(26-2)13-9-16)20(21(23)27-3)22(24)28-4/h5-14,19-20H,1-4H3/b14-7+/t19-/m0/s1. The van der Waals surface area contributed by atoms with Crippen LogP contribution in [0.2, 0.25) is 0 Å². The van der Waals surface area contributed by atoms with Gasteiger partial charge in [0, 0.05) is 5.92 Å². The summed E-state index contributed by atoms with van der Waals surface area (Å²) in [5.74, 6) is -1.61. The maximum atomic E-state index is 12.3. The molecule has 0 aliphatic carbocycles. The van der Waals surface area contributed by atoms with Crippen molar-refractivity contribution in [1.82, 2.24) is 0 Å². The lowest BCUT2D eigenvalue weighted by atomic mass is 9.85. The van der Waals surface area contributed by atoms with Gasteiger partial charge in [-0.2, -0.15) is 0 Å².